The normalized spacial score (nSPS) is 11.3. The Hall–Kier alpha value is -3.00. The number of hydrogen-bond acceptors (Lipinski definition) is 5. The van der Waals surface area contributed by atoms with Crippen LogP contribution in [0, 0.1) is 6.92 Å². The second-order valence-corrected chi connectivity index (χ2v) is 6.21. The van der Waals surface area contributed by atoms with E-state index < -0.39 is 11.7 Å². The molecule has 0 spiro atoms. The molecule has 0 fully saturated rings. The Morgan fingerprint density at radius 1 is 0.963 bits per heavy atom. The molecule has 0 aliphatic heterocycles. The van der Waals surface area contributed by atoms with Crippen LogP contribution in [0.3, 0.4) is 0 Å². The number of nitrogen functional groups attached to an aromatic ring is 1. The zero-order valence-corrected chi connectivity index (χ0v) is 14.9. The average molecular weight is 394 g/mol. The molecule has 0 aliphatic rings. The average Bonchev–Trinajstić information content (AvgIpc) is 2.61. The van der Waals surface area contributed by atoms with Crippen molar-refractivity contribution in [1.82, 2.24) is 9.97 Å². The minimum Gasteiger partial charge on any atom is -0.393 e. The fraction of sp³-hybridized carbons (Fsp3) is 0.111. The number of nitrogens with zero attached hydrogens (tertiary/aromatic N) is 2. The van der Waals surface area contributed by atoms with Gasteiger partial charge in [-0.05, 0) is 48.9 Å². The number of aryl methyl sites for hydroxylation is 1. The second kappa shape index (κ2) is 7.32. The van der Waals surface area contributed by atoms with Gasteiger partial charge in [-0.1, -0.05) is 17.7 Å². The molecule has 27 heavy (non-hydrogen) atoms. The molecule has 3 rings (SSSR count). The van der Waals surface area contributed by atoms with Crippen molar-refractivity contribution in [2.24, 2.45) is 0 Å². The highest BCUT2D eigenvalue weighted by Gasteiger charge is 2.29. The van der Waals surface area contributed by atoms with Gasteiger partial charge in [0.2, 0.25) is 0 Å². The van der Waals surface area contributed by atoms with E-state index >= 15 is 0 Å². The summed E-state index contributed by atoms with van der Waals surface area (Å²) in [4.78, 5) is 8.17. The first-order valence-corrected chi connectivity index (χ1v) is 8.20. The lowest BCUT2D eigenvalue weighted by Crippen LogP contribution is -2.07. The number of alkyl halides is 3. The van der Waals surface area contributed by atoms with Gasteiger partial charge < -0.3 is 16.4 Å². The van der Waals surface area contributed by atoms with Gasteiger partial charge in [-0.3, -0.25) is 0 Å². The van der Waals surface area contributed by atoms with Crippen molar-refractivity contribution in [3.05, 3.63) is 64.9 Å². The summed E-state index contributed by atoms with van der Waals surface area (Å²) in [5.41, 5.74) is 7.67. The first-order valence-electron chi connectivity index (χ1n) is 7.82. The quantitative estimate of drug-likeness (QED) is 0.543. The van der Waals surface area contributed by atoms with Crippen LogP contribution in [-0.2, 0) is 6.18 Å². The van der Waals surface area contributed by atoms with E-state index in [1.165, 1.54) is 18.5 Å². The summed E-state index contributed by atoms with van der Waals surface area (Å²) in [6.07, 6.45) is -3.09. The lowest BCUT2D eigenvalue weighted by Gasteiger charge is -2.14. The molecule has 0 radical (unpaired) electrons. The molecule has 1 aromatic heterocycles. The molecule has 0 aliphatic carbocycles. The van der Waals surface area contributed by atoms with E-state index in [9.17, 15) is 13.2 Å². The Morgan fingerprint density at radius 2 is 1.59 bits per heavy atom. The maximum Gasteiger partial charge on any atom is 0.416 e. The van der Waals surface area contributed by atoms with E-state index in [0.29, 0.717) is 16.5 Å². The van der Waals surface area contributed by atoms with Crippen molar-refractivity contribution in [3.8, 4) is 0 Å². The third-order valence-electron chi connectivity index (χ3n) is 3.81. The summed E-state index contributed by atoms with van der Waals surface area (Å²) in [5.74, 6) is 0.622. The first kappa shape index (κ1) is 18.8. The topological polar surface area (TPSA) is 75.9 Å². The Bertz CT molecular complexity index is 958. The second-order valence-electron chi connectivity index (χ2n) is 5.77. The molecule has 0 saturated heterocycles. The van der Waals surface area contributed by atoms with E-state index in [-0.39, 0.29) is 11.5 Å². The van der Waals surface area contributed by atoms with Gasteiger partial charge in [0.25, 0.3) is 0 Å². The van der Waals surface area contributed by atoms with Crippen molar-refractivity contribution in [2.75, 3.05) is 16.4 Å². The largest absolute Gasteiger partial charge is 0.416 e. The van der Waals surface area contributed by atoms with Gasteiger partial charge >= 0.3 is 6.18 Å². The summed E-state index contributed by atoms with van der Waals surface area (Å²) in [6.45, 7) is 1.90. The fourth-order valence-corrected chi connectivity index (χ4v) is 2.50. The highest BCUT2D eigenvalue weighted by molar-refractivity contribution is 6.30. The standard InChI is InChI=1S/C18H15ClF3N5/c1-10-2-5-12(19)8-14(10)27-17-15(23)16(24-9-25-17)26-13-6-3-11(4-7-13)18(20,21)22/h2-9H,23H2,1H3,(H2,24,25,26,27). The maximum absolute atomic E-state index is 12.7. The molecule has 0 amide bonds. The van der Waals surface area contributed by atoms with Crippen LogP contribution >= 0.6 is 11.6 Å². The van der Waals surface area contributed by atoms with Crippen molar-refractivity contribution in [1.29, 1.82) is 0 Å². The molecule has 0 bridgehead atoms. The minimum atomic E-state index is -4.39. The van der Waals surface area contributed by atoms with Crippen LogP contribution in [-0.4, -0.2) is 9.97 Å². The summed E-state index contributed by atoms with van der Waals surface area (Å²) < 4.78 is 38.0. The third-order valence-corrected chi connectivity index (χ3v) is 4.05. The summed E-state index contributed by atoms with van der Waals surface area (Å²) in [7, 11) is 0. The Morgan fingerprint density at radius 3 is 2.22 bits per heavy atom. The molecule has 0 unspecified atom stereocenters. The van der Waals surface area contributed by atoms with Gasteiger partial charge in [-0.15, -0.1) is 0 Å². The van der Waals surface area contributed by atoms with Crippen LogP contribution in [0.4, 0.5) is 41.9 Å². The Labute approximate surface area is 158 Å². The van der Waals surface area contributed by atoms with Crippen molar-refractivity contribution in [2.45, 2.75) is 13.1 Å². The molecular formula is C18H15ClF3N5. The summed E-state index contributed by atoms with van der Waals surface area (Å²) in [6, 6.07) is 9.92. The summed E-state index contributed by atoms with van der Waals surface area (Å²) >= 11 is 6.01. The van der Waals surface area contributed by atoms with Crippen LogP contribution < -0.4 is 16.4 Å². The number of aromatic nitrogens is 2. The molecule has 9 heteroatoms. The zero-order valence-electron chi connectivity index (χ0n) is 14.1. The van der Waals surface area contributed by atoms with Crippen molar-refractivity contribution < 1.29 is 13.2 Å². The Kier molecular flexibility index (Phi) is 5.09. The lowest BCUT2D eigenvalue weighted by molar-refractivity contribution is -0.137. The van der Waals surface area contributed by atoms with Crippen LogP contribution in [0.25, 0.3) is 0 Å². The van der Waals surface area contributed by atoms with E-state index in [4.69, 9.17) is 17.3 Å². The van der Waals surface area contributed by atoms with Crippen molar-refractivity contribution >= 4 is 40.3 Å². The molecule has 0 saturated carbocycles. The van der Waals surface area contributed by atoms with E-state index in [2.05, 4.69) is 20.6 Å². The minimum absolute atomic E-state index is 0.219. The van der Waals surface area contributed by atoms with E-state index in [1.54, 1.807) is 12.1 Å². The van der Waals surface area contributed by atoms with Gasteiger partial charge in [0.15, 0.2) is 11.6 Å². The summed E-state index contributed by atoms with van der Waals surface area (Å²) in [5, 5.41) is 6.54. The highest BCUT2D eigenvalue weighted by Crippen LogP contribution is 2.32. The molecular weight excluding hydrogens is 379 g/mol. The third kappa shape index (κ3) is 4.40. The lowest BCUT2D eigenvalue weighted by atomic mass is 10.2. The first-order chi connectivity index (χ1) is 12.7. The SMILES string of the molecule is Cc1ccc(Cl)cc1Nc1ncnc(Nc2ccc(C(F)(F)F)cc2)c1N. The van der Waals surface area contributed by atoms with Crippen LogP contribution in [0.2, 0.25) is 5.02 Å². The smallest absolute Gasteiger partial charge is 0.393 e. The molecule has 4 N–H and O–H groups in total. The Balaban J connectivity index is 1.84. The monoisotopic (exact) mass is 393 g/mol. The van der Waals surface area contributed by atoms with Crippen LogP contribution in [0.15, 0.2) is 48.8 Å². The van der Waals surface area contributed by atoms with Gasteiger partial charge in [0, 0.05) is 16.4 Å². The molecule has 1 heterocycles. The van der Waals surface area contributed by atoms with Gasteiger partial charge in [0.05, 0.1) is 5.56 Å². The van der Waals surface area contributed by atoms with Gasteiger partial charge in [0.1, 0.15) is 12.0 Å². The highest BCUT2D eigenvalue weighted by atomic mass is 35.5. The van der Waals surface area contributed by atoms with E-state index in [0.717, 1.165) is 23.4 Å². The number of nitrogens with one attached hydrogen (secondary N) is 2. The number of nitrogens with two attached hydrogens (primary N) is 1. The number of halogens is 4. The van der Waals surface area contributed by atoms with E-state index in [1.807, 2.05) is 13.0 Å². The number of anilines is 5. The molecule has 2 aromatic carbocycles. The number of benzene rings is 2. The molecule has 140 valence electrons. The maximum atomic E-state index is 12.7. The number of hydrogen-bond donors (Lipinski definition) is 3. The zero-order chi connectivity index (χ0) is 19.6. The predicted molar refractivity (Wildman–Crippen MR) is 101 cm³/mol. The predicted octanol–water partition coefficient (Wildman–Crippen LogP) is 5.53. The van der Waals surface area contributed by atoms with Crippen molar-refractivity contribution in [3.63, 3.8) is 0 Å². The number of rotatable bonds is 4. The molecule has 0 atom stereocenters. The van der Waals surface area contributed by atoms with Crippen LogP contribution in [0.5, 0.6) is 0 Å². The van der Waals surface area contributed by atoms with Gasteiger partial charge in [-0.2, -0.15) is 13.2 Å². The molecule has 3 aromatic rings. The fourth-order valence-electron chi connectivity index (χ4n) is 2.33. The molecule has 5 nitrogen and oxygen atoms in total. The van der Waals surface area contributed by atoms with Crippen LogP contribution in [0.1, 0.15) is 11.1 Å². The van der Waals surface area contributed by atoms with Gasteiger partial charge in [-0.25, -0.2) is 9.97 Å².